The van der Waals surface area contributed by atoms with Crippen molar-refractivity contribution in [3.05, 3.63) is 24.3 Å². The van der Waals surface area contributed by atoms with Gasteiger partial charge in [0.15, 0.2) is 0 Å². The molecular formula is C26H53NO4P+. The van der Waals surface area contributed by atoms with Gasteiger partial charge in [-0.2, -0.15) is 0 Å². The fourth-order valence-corrected chi connectivity index (χ4v) is 5.01. The Bertz CT molecular complexity index is 551. The highest BCUT2D eigenvalue weighted by atomic mass is 31.2. The van der Waals surface area contributed by atoms with Crippen molar-refractivity contribution >= 4 is 7.60 Å². The summed E-state index contributed by atoms with van der Waals surface area (Å²) in [6.45, 7) is 2.29. The topological polar surface area (TPSA) is 77.8 Å². The minimum absolute atomic E-state index is 0.0517. The van der Waals surface area contributed by atoms with Crippen molar-refractivity contribution < 1.29 is 23.9 Å². The summed E-state index contributed by atoms with van der Waals surface area (Å²) in [6.07, 6.45) is 26.9. The highest BCUT2D eigenvalue weighted by Gasteiger charge is 2.48. The summed E-state index contributed by atoms with van der Waals surface area (Å²) in [5.41, 5.74) is 0. The first-order chi connectivity index (χ1) is 15.0. The van der Waals surface area contributed by atoms with Crippen molar-refractivity contribution in [2.24, 2.45) is 0 Å². The predicted octanol–water partition coefficient (Wildman–Crippen LogP) is 6.93. The summed E-state index contributed by atoms with van der Waals surface area (Å²) in [5, 5.41) is 8.61. The lowest BCUT2D eigenvalue weighted by Gasteiger charge is -2.35. The minimum atomic E-state index is -4.55. The van der Waals surface area contributed by atoms with Gasteiger partial charge in [0.25, 0.3) is 0 Å². The summed E-state index contributed by atoms with van der Waals surface area (Å²) in [4.78, 5) is 19.2. The lowest BCUT2D eigenvalue weighted by atomic mass is 10.1. The second-order valence-corrected chi connectivity index (χ2v) is 12.3. The predicted molar refractivity (Wildman–Crippen MR) is 138 cm³/mol. The summed E-state index contributed by atoms with van der Waals surface area (Å²) in [7, 11) is 0.951. The number of allylic oxidation sites excluding steroid dienone is 4. The van der Waals surface area contributed by atoms with Crippen molar-refractivity contribution in [3.63, 3.8) is 0 Å². The molecule has 0 aromatic carbocycles. The van der Waals surface area contributed by atoms with Gasteiger partial charge in [0, 0.05) is 0 Å². The zero-order chi connectivity index (χ0) is 24.3. The van der Waals surface area contributed by atoms with Crippen LogP contribution in [-0.4, -0.2) is 52.4 Å². The maximum absolute atomic E-state index is 11.8. The first-order valence-electron chi connectivity index (χ1n) is 12.9. The zero-order valence-corrected chi connectivity index (χ0v) is 22.4. The molecule has 0 fully saturated rings. The smallest absolute Gasteiger partial charge is 0.362 e. The molecule has 5 nitrogen and oxygen atoms in total. The van der Waals surface area contributed by atoms with E-state index in [4.69, 9.17) is 0 Å². The van der Waals surface area contributed by atoms with Crippen molar-refractivity contribution in [2.75, 3.05) is 27.7 Å². The summed E-state index contributed by atoms with van der Waals surface area (Å²) >= 11 is 0. The molecule has 0 bridgehead atoms. The van der Waals surface area contributed by atoms with Gasteiger partial charge in [-0.1, -0.05) is 76.2 Å². The van der Waals surface area contributed by atoms with E-state index in [0.29, 0.717) is 10.9 Å². The van der Waals surface area contributed by atoms with E-state index in [2.05, 4.69) is 31.2 Å². The molecule has 1 atom stereocenters. The molecule has 6 heteroatoms. The molecule has 0 saturated carbocycles. The van der Waals surface area contributed by atoms with Gasteiger partial charge in [-0.25, -0.2) is 0 Å². The monoisotopic (exact) mass is 474 g/mol. The molecule has 0 aliphatic heterocycles. The van der Waals surface area contributed by atoms with Crippen molar-refractivity contribution in [1.82, 2.24) is 0 Å². The number of nitrogens with zero attached hydrogens (tertiary/aromatic N) is 1. The SMILES string of the molecule is CCCC/C=C\CCCCCCC/C=C\CCCCCCC(O)(C[N+](C)(C)C)P(=O)(O)O. The van der Waals surface area contributed by atoms with E-state index in [0.717, 1.165) is 32.1 Å². The number of quaternary nitrogens is 1. The van der Waals surface area contributed by atoms with E-state index < -0.39 is 12.9 Å². The second kappa shape index (κ2) is 18.0. The largest absolute Gasteiger partial charge is 0.373 e. The molecule has 0 spiro atoms. The van der Waals surface area contributed by atoms with Crippen LogP contribution in [0.3, 0.4) is 0 Å². The Labute approximate surface area is 198 Å². The standard InChI is InChI=1S/C26H52NO4P/c1-5-6-7-8-9-10-11-12-13-14-15-16-17-18-19-20-21-22-23-24-26(28,32(29,30)31)25-27(2,3)4/h8-9,17-18,28H,5-7,10-16,19-25H2,1-4H3,(H-,29,30,31)/p+1/b9-8-,18-17-. The Kier molecular flexibility index (Phi) is 17.7. The lowest BCUT2D eigenvalue weighted by Crippen LogP contribution is -2.49. The van der Waals surface area contributed by atoms with E-state index in [9.17, 15) is 19.5 Å². The molecule has 190 valence electrons. The van der Waals surface area contributed by atoms with Gasteiger partial charge in [0.1, 0.15) is 6.54 Å². The molecule has 0 aromatic heterocycles. The van der Waals surface area contributed by atoms with Crippen LogP contribution in [0.1, 0.15) is 110 Å². The number of unbranched alkanes of at least 4 members (excludes halogenated alkanes) is 12. The molecule has 1 unspecified atom stereocenters. The van der Waals surface area contributed by atoms with Crippen LogP contribution in [0.5, 0.6) is 0 Å². The fraction of sp³-hybridized carbons (Fsp3) is 0.846. The molecular weight excluding hydrogens is 421 g/mol. The second-order valence-electron chi connectivity index (χ2n) is 10.4. The van der Waals surface area contributed by atoms with Crippen LogP contribution in [0.25, 0.3) is 0 Å². The Balaban J connectivity index is 3.66. The Morgan fingerprint density at radius 2 is 1.06 bits per heavy atom. The van der Waals surface area contributed by atoms with E-state index in [-0.39, 0.29) is 13.0 Å². The van der Waals surface area contributed by atoms with Gasteiger partial charge in [-0.15, -0.1) is 0 Å². The number of rotatable bonds is 21. The van der Waals surface area contributed by atoms with Crippen molar-refractivity contribution in [1.29, 1.82) is 0 Å². The fourth-order valence-electron chi connectivity index (χ4n) is 3.95. The van der Waals surface area contributed by atoms with Crippen LogP contribution < -0.4 is 0 Å². The number of aliphatic hydroxyl groups is 1. The van der Waals surface area contributed by atoms with Gasteiger partial charge < -0.3 is 19.4 Å². The summed E-state index contributed by atoms with van der Waals surface area (Å²) < 4.78 is 12.1. The van der Waals surface area contributed by atoms with Crippen LogP contribution in [0, 0.1) is 0 Å². The number of hydrogen-bond acceptors (Lipinski definition) is 2. The third-order valence-corrected chi connectivity index (χ3v) is 7.22. The molecule has 0 aromatic rings. The molecule has 0 radical (unpaired) electrons. The normalized spacial score (nSPS) is 15.1. The van der Waals surface area contributed by atoms with E-state index in [1.165, 1.54) is 57.8 Å². The quantitative estimate of drug-likeness (QED) is 0.0729. The van der Waals surface area contributed by atoms with Gasteiger partial charge in [0.2, 0.25) is 5.34 Å². The summed E-state index contributed by atoms with van der Waals surface area (Å²) in [5.74, 6) is 0. The van der Waals surface area contributed by atoms with Gasteiger partial charge in [0.05, 0.1) is 21.1 Å². The average Bonchev–Trinajstić information content (AvgIpc) is 2.67. The molecule has 3 N–H and O–H groups in total. The first kappa shape index (κ1) is 31.6. The van der Waals surface area contributed by atoms with Crippen LogP contribution in [-0.2, 0) is 4.57 Å². The molecule has 0 amide bonds. The molecule has 0 heterocycles. The molecule has 0 rings (SSSR count). The number of likely N-dealkylation sites (N-methyl/N-ethyl adjacent to an activating group) is 1. The van der Waals surface area contributed by atoms with E-state index in [1.807, 2.05) is 21.1 Å². The Morgan fingerprint density at radius 1 is 0.688 bits per heavy atom. The van der Waals surface area contributed by atoms with Gasteiger partial charge in [-0.3, -0.25) is 4.57 Å². The zero-order valence-electron chi connectivity index (χ0n) is 21.5. The van der Waals surface area contributed by atoms with Gasteiger partial charge in [-0.05, 0) is 57.8 Å². The third-order valence-electron chi connectivity index (χ3n) is 5.77. The van der Waals surface area contributed by atoms with Gasteiger partial charge >= 0.3 is 7.60 Å². The lowest BCUT2D eigenvalue weighted by molar-refractivity contribution is -0.875. The highest BCUT2D eigenvalue weighted by Crippen LogP contribution is 2.52. The molecule has 32 heavy (non-hydrogen) atoms. The van der Waals surface area contributed by atoms with E-state index >= 15 is 0 Å². The molecule has 0 aliphatic carbocycles. The maximum Gasteiger partial charge on any atom is 0.362 e. The van der Waals surface area contributed by atoms with E-state index in [1.54, 1.807) is 0 Å². The Hall–Kier alpha value is -0.450. The first-order valence-corrected chi connectivity index (χ1v) is 14.5. The minimum Gasteiger partial charge on any atom is -0.373 e. The maximum atomic E-state index is 11.8. The van der Waals surface area contributed by atoms with Crippen LogP contribution >= 0.6 is 7.60 Å². The van der Waals surface area contributed by atoms with Crippen LogP contribution in [0.15, 0.2) is 24.3 Å². The average molecular weight is 475 g/mol. The van der Waals surface area contributed by atoms with Crippen LogP contribution in [0.2, 0.25) is 0 Å². The van der Waals surface area contributed by atoms with Crippen molar-refractivity contribution in [2.45, 2.75) is 115 Å². The summed E-state index contributed by atoms with van der Waals surface area (Å²) in [6, 6.07) is 0. The number of hydrogen-bond donors (Lipinski definition) is 3. The Morgan fingerprint density at radius 3 is 1.44 bits per heavy atom. The van der Waals surface area contributed by atoms with Crippen molar-refractivity contribution in [3.8, 4) is 0 Å². The highest BCUT2D eigenvalue weighted by molar-refractivity contribution is 7.53. The molecule has 0 aliphatic rings. The van der Waals surface area contributed by atoms with Crippen LogP contribution in [0.4, 0.5) is 0 Å². The molecule has 0 saturated heterocycles. The third kappa shape index (κ3) is 18.0.